The predicted molar refractivity (Wildman–Crippen MR) is 95.9 cm³/mol. The summed E-state index contributed by atoms with van der Waals surface area (Å²) in [6.45, 7) is 7.46. The molecule has 2 aromatic rings. The minimum atomic E-state index is -0.709. The van der Waals surface area contributed by atoms with Crippen molar-refractivity contribution in [3.8, 4) is 0 Å². The molecule has 3 atom stereocenters. The van der Waals surface area contributed by atoms with E-state index in [1.54, 1.807) is 13.3 Å². The summed E-state index contributed by atoms with van der Waals surface area (Å²) in [4.78, 5) is 30.6. The molecule has 3 heterocycles. The van der Waals surface area contributed by atoms with E-state index < -0.39 is 6.10 Å². The number of piperazine rings is 1. The number of aromatic nitrogens is 6. The zero-order valence-electron chi connectivity index (χ0n) is 15.3. The Kier molecular flexibility index (Phi) is 4.39. The van der Waals surface area contributed by atoms with E-state index in [0.29, 0.717) is 17.7 Å². The van der Waals surface area contributed by atoms with E-state index in [1.165, 1.54) is 19.2 Å². The summed E-state index contributed by atoms with van der Waals surface area (Å²) < 4.78 is 0. The largest absolute Gasteiger partial charge is 0.385 e. The molecule has 26 heavy (non-hydrogen) atoms. The van der Waals surface area contributed by atoms with Crippen LogP contribution in [0.3, 0.4) is 0 Å². The van der Waals surface area contributed by atoms with Crippen LogP contribution in [0.4, 0.5) is 11.9 Å². The first-order valence-corrected chi connectivity index (χ1v) is 9.12. The summed E-state index contributed by atoms with van der Waals surface area (Å²) in [5.41, 5.74) is 0. The van der Waals surface area contributed by atoms with E-state index in [1.807, 2.05) is 0 Å². The molecule has 1 aliphatic carbocycles. The van der Waals surface area contributed by atoms with Gasteiger partial charge in [-0.15, -0.1) is 0 Å². The molecule has 4 rings (SSSR count). The molecule has 1 N–H and O–H groups in total. The highest BCUT2D eigenvalue weighted by Gasteiger charge is 2.34. The molecule has 1 unspecified atom stereocenters. The van der Waals surface area contributed by atoms with Gasteiger partial charge in [0, 0.05) is 31.1 Å². The molecule has 2 fully saturated rings. The highest BCUT2D eigenvalue weighted by Crippen LogP contribution is 2.38. The molecule has 2 aliphatic rings. The van der Waals surface area contributed by atoms with Crippen LogP contribution in [0.15, 0.2) is 12.7 Å². The fraction of sp³-hybridized carbons (Fsp3) is 0.647. The molecule has 2 aromatic heterocycles. The van der Waals surface area contributed by atoms with Crippen molar-refractivity contribution in [3.05, 3.63) is 24.3 Å². The van der Waals surface area contributed by atoms with Gasteiger partial charge in [-0.05, 0) is 33.6 Å². The minimum absolute atomic E-state index is 0.194. The molecule has 0 radical (unpaired) electrons. The van der Waals surface area contributed by atoms with E-state index in [-0.39, 0.29) is 12.1 Å². The molecule has 9 heteroatoms. The topological polar surface area (TPSA) is 104 Å². The van der Waals surface area contributed by atoms with Crippen LogP contribution in [-0.4, -0.2) is 60.2 Å². The molecule has 0 amide bonds. The second-order valence-electron chi connectivity index (χ2n) is 7.25. The maximum atomic E-state index is 9.72. The normalized spacial score (nSPS) is 24.6. The van der Waals surface area contributed by atoms with Gasteiger partial charge in [0.05, 0.1) is 0 Å². The Bertz CT molecular complexity index is 769. The fourth-order valence-electron chi connectivity index (χ4n) is 3.50. The summed E-state index contributed by atoms with van der Waals surface area (Å²) in [6, 6.07) is 0.389. The number of hydrogen-bond acceptors (Lipinski definition) is 9. The number of aliphatic hydroxyl groups is 1. The quantitative estimate of drug-likeness (QED) is 0.862. The molecule has 0 spiro atoms. The standard InChI is InChI=1S/C17H24N8O/c1-10-6-24(16-20-8-18-14(22-16)12(3)26)7-11(2)25(10)17-21-9-19-15(23-17)13-4-5-13/h8-13,26H,4-7H2,1-3H3/t10-,11+,12?. The highest BCUT2D eigenvalue weighted by molar-refractivity contribution is 5.41. The molecule has 138 valence electrons. The summed E-state index contributed by atoms with van der Waals surface area (Å²) in [5.74, 6) is 3.17. The van der Waals surface area contributed by atoms with Crippen LogP contribution in [0.2, 0.25) is 0 Å². The van der Waals surface area contributed by atoms with Crippen LogP contribution >= 0.6 is 0 Å². The monoisotopic (exact) mass is 356 g/mol. The van der Waals surface area contributed by atoms with E-state index >= 15 is 0 Å². The third kappa shape index (κ3) is 3.31. The number of nitrogens with zero attached hydrogens (tertiary/aromatic N) is 8. The number of rotatable bonds is 4. The van der Waals surface area contributed by atoms with Gasteiger partial charge < -0.3 is 14.9 Å². The molecule has 0 aromatic carbocycles. The van der Waals surface area contributed by atoms with Crippen LogP contribution in [0.25, 0.3) is 0 Å². The van der Waals surface area contributed by atoms with Crippen molar-refractivity contribution >= 4 is 11.9 Å². The Morgan fingerprint density at radius 3 is 2.27 bits per heavy atom. The Morgan fingerprint density at radius 2 is 1.62 bits per heavy atom. The maximum Gasteiger partial charge on any atom is 0.229 e. The Hall–Kier alpha value is -2.42. The summed E-state index contributed by atoms with van der Waals surface area (Å²) >= 11 is 0. The summed E-state index contributed by atoms with van der Waals surface area (Å²) in [7, 11) is 0. The maximum absolute atomic E-state index is 9.72. The minimum Gasteiger partial charge on any atom is -0.385 e. The van der Waals surface area contributed by atoms with Crippen LogP contribution < -0.4 is 9.80 Å². The van der Waals surface area contributed by atoms with Crippen LogP contribution in [0, 0.1) is 0 Å². The number of aliphatic hydroxyl groups excluding tert-OH is 1. The van der Waals surface area contributed by atoms with Crippen molar-refractivity contribution in [2.75, 3.05) is 22.9 Å². The van der Waals surface area contributed by atoms with Gasteiger partial charge in [-0.1, -0.05) is 0 Å². The second-order valence-corrected chi connectivity index (χ2v) is 7.25. The van der Waals surface area contributed by atoms with Gasteiger partial charge in [-0.25, -0.2) is 19.9 Å². The molecule has 1 aliphatic heterocycles. The molecule has 0 bridgehead atoms. The zero-order chi connectivity index (χ0) is 18.3. The lowest BCUT2D eigenvalue weighted by Crippen LogP contribution is -2.58. The van der Waals surface area contributed by atoms with Gasteiger partial charge in [0.15, 0.2) is 5.82 Å². The van der Waals surface area contributed by atoms with Crippen molar-refractivity contribution in [1.29, 1.82) is 0 Å². The van der Waals surface area contributed by atoms with Crippen molar-refractivity contribution in [1.82, 2.24) is 29.9 Å². The Balaban J connectivity index is 1.54. The first-order chi connectivity index (χ1) is 12.5. The number of hydrogen-bond donors (Lipinski definition) is 1. The van der Waals surface area contributed by atoms with Gasteiger partial charge in [0.1, 0.15) is 24.6 Å². The second kappa shape index (κ2) is 6.71. The lowest BCUT2D eigenvalue weighted by molar-refractivity contribution is 0.188. The highest BCUT2D eigenvalue weighted by atomic mass is 16.3. The van der Waals surface area contributed by atoms with Crippen molar-refractivity contribution in [2.45, 2.75) is 57.7 Å². The van der Waals surface area contributed by atoms with Crippen molar-refractivity contribution in [3.63, 3.8) is 0 Å². The first kappa shape index (κ1) is 17.0. The first-order valence-electron chi connectivity index (χ1n) is 9.12. The summed E-state index contributed by atoms with van der Waals surface area (Å²) in [5, 5.41) is 9.72. The number of anilines is 2. The molecule has 1 saturated carbocycles. The lowest BCUT2D eigenvalue weighted by Gasteiger charge is -2.44. The van der Waals surface area contributed by atoms with Gasteiger partial charge in [0.25, 0.3) is 0 Å². The van der Waals surface area contributed by atoms with Gasteiger partial charge in [-0.2, -0.15) is 9.97 Å². The Morgan fingerprint density at radius 1 is 0.962 bits per heavy atom. The molecular weight excluding hydrogens is 332 g/mol. The predicted octanol–water partition coefficient (Wildman–Crippen LogP) is 1.09. The van der Waals surface area contributed by atoms with E-state index in [4.69, 9.17) is 4.98 Å². The van der Waals surface area contributed by atoms with E-state index in [9.17, 15) is 5.11 Å². The van der Waals surface area contributed by atoms with Crippen molar-refractivity contribution < 1.29 is 5.11 Å². The van der Waals surface area contributed by atoms with Crippen molar-refractivity contribution in [2.24, 2.45) is 0 Å². The molecule has 9 nitrogen and oxygen atoms in total. The molecular formula is C17H24N8O. The average Bonchev–Trinajstić information content (AvgIpc) is 3.46. The fourth-order valence-corrected chi connectivity index (χ4v) is 3.50. The lowest BCUT2D eigenvalue weighted by atomic mass is 10.1. The summed E-state index contributed by atoms with van der Waals surface area (Å²) in [6.07, 6.45) is 4.72. The van der Waals surface area contributed by atoms with E-state index in [0.717, 1.165) is 24.9 Å². The van der Waals surface area contributed by atoms with Gasteiger partial charge in [0.2, 0.25) is 11.9 Å². The van der Waals surface area contributed by atoms with Gasteiger partial charge >= 0.3 is 0 Å². The van der Waals surface area contributed by atoms with Crippen LogP contribution in [-0.2, 0) is 0 Å². The third-order valence-corrected chi connectivity index (χ3v) is 4.90. The Labute approximate surface area is 152 Å². The smallest absolute Gasteiger partial charge is 0.229 e. The average molecular weight is 356 g/mol. The zero-order valence-corrected chi connectivity index (χ0v) is 15.3. The van der Waals surface area contributed by atoms with Gasteiger partial charge in [-0.3, -0.25) is 0 Å². The van der Waals surface area contributed by atoms with Crippen LogP contribution in [0.5, 0.6) is 0 Å². The van der Waals surface area contributed by atoms with E-state index in [2.05, 4.69) is 48.6 Å². The van der Waals surface area contributed by atoms with Crippen LogP contribution in [0.1, 0.15) is 57.3 Å². The molecule has 1 saturated heterocycles. The SMILES string of the molecule is CC(O)c1ncnc(N2C[C@@H](C)N(c3ncnc(C4CC4)n3)[C@@H](C)C2)n1. The third-order valence-electron chi connectivity index (χ3n) is 4.90.